The number of amides is 1. The Hall–Kier alpha value is -2.97. The molecule has 1 saturated heterocycles. The first kappa shape index (κ1) is 20.3. The van der Waals surface area contributed by atoms with Gasteiger partial charge in [0.1, 0.15) is 0 Å². The van der Waals surface area contributed by atoms with Gasteiger partial charge in [0, 0.05) is 50.4 Å². The van der Waals surface area contributed by atoms with E-state index < -0.39 is 0 Å². The van der Waals surface area contributed by atoms with Crippen LogP contribution in [0.4, 0.5) is 0 Å². The summed E-state index contributed by atoms with van der Waals surface area (Å²) in [4.78, 5) is 30.2. The van der Waals surface area contributed by atoms with Crippen molar-refractivity contribution < 1.29 is 9.53 Å². The van der Waals surface area contributed by atoms with Gasteiger partial charge in [-0.15, -0.1) is 0 Å². The van der Waals surface area contributed by atoms with Crippen LogP contribution in [-0.4, -0.2) is 70.0 Å². The van der Waals surface area contributed by atoms with Crippen molar-refractivity contribution in [1.29, 1.82) is 0 Å². The SMILES string of the molecule is CN(C)C[C@@H]1OCCN(C(=O)c2cc(=O)n(C)c3ccccc23)[C@H]1c1cnn(C)c1. The molecule has 8 heteroatoms. The lowest BCUT2D eigenvalue weighted by Gasteiger charge is -2.42. The smallest absolute Gasteiger partial charge is 0.255 e. The maximum atomic E-state index is 13.8. The summed E-state index contributed by atoms with van der Waals surface area (Å²) in [7, 11) is 7.55. The number of benzene rings is 1. The highest BCUT2D eigenvalue weighted by Crippen LogP contribution is 2.32. The number of aryl methyl sites for hydroxylation is 2. The second-order valence-corrected chi connectivity index (χ2v) is 8.03. The maximum Gasteiger partial charge on any atom is 0.255 e. The maximum absolute atomic E-state index is 13.8. The fourth-order valence-corrected chi connectivity index (χ4v) is 4.20. The Kier molecular flexibility index (Phi) is 5.44. The van der Waals surface area contributed by atoms with Gasteiger partial charge >= 0.3 is 0 Å². The molecule has 3 aromatic rings. The quantitative estimate of drug-likeness (QED) is 0.652. The van der Waals surface area contributed by atoms with Crippen LogP contribution in [0.2, 0.25) is 0 Å². The lowest BCUT2D eigenvalue weighted by atomic mass is 9.98. The Morgan fingerprint density at radius 1 is 1.27 bits per heavy atom. The Balaban J connectivity index is 1.81. The van der Waals surface area contributed by atoms with Gasteiger partial charge < -0.3 is 19.1 Å². The van der Waals surface area contributed by atoms with E-state index in [1.807, 2.05) is 56.5 Å². The van der Waals surface area contributed by atoms with E-state index in [0.717, 1.165) is 16.5 Å². The van der Waals surface area contributed by atoms with Crippen molar-refractivity contribution in [2.45, 2.75) is 12.1 Å². The summed E-state index contributed by atoms with van der Waals surface area (Å²) in [5, 5.41) is 5.07. The van der Waals surface area contributed by atoms with Gasteiger partial charge in [-0.2, -0.15) is 5.10 Å². The predicted molar refractivity (Wildman–Crippen MR) is 114 cm³/mol. The Morgan fingerprint density at radius 3 is 2.73 bits per heavy atom. The molecule has 0 unspecified atom stereocenters. The monoisotopic (exact) mass is 409 g/mol. The number of hydrogen-bond acceptors (Lipinski definition) is 5. The molecule has 4 rings (SSSR count). The van der Waals surface area contributed by atoms with E-state index in [-0.39, 0.29) is 23.6 Å². The Bertz CT molecular complexity index is 1130. The van der Waals surface area contributed by atoms with E-state index in [1.165, 1.54) is 6.07 Å². The second-order valence-electron chi connectivity index (χ2n) is 8.03. The molecule has 2 atom stereocenters. The summed E-state index contributed by atoms with van der Waals surface area (Å²) < 4.78 is 9.37. The first-order chi connectivity index (χ1) is 14.4. The van der Waals surface area contributed by atoms with Crippen LogP contribution in [0, 0.1) is 0 Å². The van der Waals surface area contributed by atoms with Crippen molar-refractivity contribution in [3.05, 3.63) is 64.2 Å². The molecule has 1 amide bonds. The third kappa shape index (κ3) is 3.64. The van der Waals surface area contributed by atoms with Crippen LogP contribution < -0.4 is 5.56 Å². The highest BCUT2D eigenvalue weighted by molar-refractivity contribution is 6.06. The highest BCUT2D eigenvalue weighted by Gasteiger charge is 2.38. The summed E-state index contributed by atoms with van der Waals surface area (Å²) in [6, 6.07) is 8.66. The van der Waals surface area contributed by atoms with Crippen LogP contribution in [-0.2, 0) is 18.8 Å². The number of fused-ring (bicyclic) bond motifs is 1. The van der Waals surface area contributed by atoms with E-state index in [4.69, 9.17) is 4.74 Å². The molecule has 0 aliphatic carbocycles. The first-order valence-corrected chi connectivity index (χ1v) is 10.0. The average molecular weight is 409 g/mol. The zero-order valence-corrected chi connectivity index (χ0v) is 17.8. The lowest BCUT2D eigenvalue weighted by Crippen LogP contribution is -2.51. The van der Waals surface area contributed by atoms with Gasteiger partial charge in [0.15, 0.2) is 0 Å². The summed E-state index contributed by atoms with van der Waals surface area (Å²) in [5.74, 6) is -0.162. The molecule has 2 aromatic heterocycles. The van der Waals surface area contributed by atoms with Crippen LogP contribution in [0.1, 0.15) is 22.0 Å². The van der Waals surface area contributed by atoms with Crippen molar-refractivity contribution in [3.8, 4) is 0 Å². The summed E-state index contributed by atoms with van der Waals surface area (Å²) >= 11 is 0. The van der Waals surface area contributed by atoms with Crippen LogP contribution in [0.15, 0.2) is 47.5 Å². The minimum atomic E-state index is -0.287. The van der Waals surface area contributed by atoms with E-state index in [9.17, 15) is 9.59 Å². The zero-order valence-electron chi connectivity index (χ0n) is 17.8. The molecule has 0 saturated carbocycles. The van der Waals surface area contributed by atoms with Gasteiger partial charge in [-0.25, -0.2) is 0 Å². The van der Waals surface area contributed by atoms with Gasteiger partial charge in [0.2, 0.25) is 0 Å². The molecular weight excluding hydrogens is 382 g/mol. The molecule has 1 aliphatic rings. The van der Waals surface area contributed by atoms with E-state index in [1.54, 1.807) is 22.5 Å². The van der Waals surface area contributed by atoms with E-state index >= 15 is 0 Å². The lowest BCUT2D eigenvalue weighted by molar-refractivity contribution is -0.0684. The number of ether oxygens (including phenoxy) is 1. The molecule has 0 spiro atoms. The van der Waals surface area contributed by atoms with Gasteiger partial charge in [-0.05, 0) is 20.2 Å². The molecule has 1 fully saturated rings. The number of pyridine rings is 1. The number of carbonyl (C=O) groups is 1. The molecule has 30 heavy (non-hydrogen) atoms. The Labute approximate surface area is 175 Å². The largest absolute Gasteiger partial charge is 0.373 e. The van der Waals surface area contributed by atoms with Crippen molar-refractivity contribution in [2.75, 3.05) is 33.8 Å². The predicted octanol–water partition coefficient (Wildman–Crippen LogP) is 1.42. The summed E-state index contributed by atoms with van der Waals surface area (Å²) in [6.45, 7) is 1.57. The number of aromatic nitrogens is 3. The summed E-state index contributed by atoms with van der Waals surface area (Å²) in [6.07, 6.45) is 3.51. The third-order valence-electron chi connectivity index (χ3n) is 5.61. The highest BCUT2D eigenvalue weighted by atomic mass is 16.5. The minimum absolute atomic E-state index is 0.162. The molecule has 0 bridgehead atoms. The van der Waals surface area contributed by atoms with Gasteiger partial charge in [-0.1, -0.05) is 18.2 Å². The van der Waals surface area contributed by atoms with Gasteiger partial charge in [0.25, 0.3) is 11.5 Å². The number of nitrogens with zero attached hydrogens (tertiary/aromatic N) is 5. The van der Waals surface area contributed by atoms with E-state index in [0.29, 0.717) is 25.3 Å². The molecule has 1 aliphatic heterocycles. The number of rotatable bonds is 4. The minimum Gasteiger partial charge on any atom is -0.373 e. The van der Waals surface area contributed by atoms with E-state index in [2.05, 4.69) is 10.00 Å². The molecule has 0 radical (unpaired) electrons. The van der Waals surface area contributed by atoms with Crippen molar-refractivity contribution in [1.82, 2.24) is 24.1 Å². The van der Waals surface area contributed by atoms with Crippen LogP contribution in [0.5, 0.6) is 0 Å². The fraction of sp³-hybridized carbons (Fsp3) is 0.409. The van der Waals surface area contributed by atoms with Crippen molar-refractivity contribution in [3.63, 3.8) is 0 Å². The van der Waals surface area contributed by atoms with Crippen molar-refractivity contribution in [2.24, 2.45) is 14.1 Å². The normalized spacial score (nSPS) is 19.6. The molecule has 0 N–H and O–H groups in total. The van der Waals surface area contributed by atoms with Crippen LogP contribution in [0.3, 0.4) is 0 Å². The number of para-hydroxylation sites is 1. The molecular formula is C22H27N5O3. The zero-order chi connectivity index (χ0) is 21.4. The van der Waals surface area contributed by atoms with Crippen molar-refractivity contribution >= 4 is 16.8 Å². The molecule has 158 valence electrons. The second kappa shape index (κ2) is 8.04. The van der Waals surface area contributed by atoms with Crippen LogP contribution in [0.25, 0.3) is 10.9 Å². The Morgan fingerprint density at radius 2 is 2.03 bits per heavy atom. The number of hydrogen-bond donors (Lipinski definition) is 0. The summed E-state index contributed by atoms with van der Waals surface area (Å²) in [5.41, 5.74) is 1.89. The topological polar surface area (TPSA) is 72.6 Å². The third-order valence-corrected chi connectivity index (χ3v) is 5.61. The number of likely N-dealkylation sites (N-methyl/N-ethyl adjacent to an activating group) is 1. The molecule has 3 heterocycles. The average Bonchev–Trinajstić information content (AvgIpc) is 3.15. The van der Waals surface area contributed by atoms with Gasteiger partial charge in [0.05, 0.1) is 36.0 Å². The number of carbonyl (C=O) groups excluding carboxylic acids is 1. The first-order valence-electron chi connectivity index (χ1n) is 10.0. The standard InChI is InChI=1S/C22H27N5O3/c1-24(2)14-19-21(15-12-23-25(3)13-15)27(9-10-30-19)22(29)17-11-20(28)26(4)18-8-6-5-7-16(17)18/h5-8,11-13,19,21H,9-10,14H2,1-4H3/t19-,21-/m0/s1. The van der Waals surface area contributed by atoms with Crippen LogP contribution >= 0.6 is 0 Å². The fourth-order valence-electron chi connectivity index (χ4n) is 4.20. The molecule has 8 nitrogen and oxygen atoms in total. The molecule has 1 aromatic carbocycles. The van der Waals surface area contributed by atoms with Gasteiger partial charge in [-0.3, -0.25) is 14.3 Å². The number of morpholine rings is 1.